The van der Waals surface area contributed by atoms with Crippen LogP contribution in [0.3, 0.4) is 0 Å². The van der Waals surface area contributed by atoms with Gasteiger partial charge in [0.2, 0.25) is 11.8 Å². The molecular weight excluding hydrogens is 351 g/mol. The van der Waals surface area contributed by atoms with Gasteiger partial charge in [0.1, 0.15) is 18.4 Å². The highest BCUT2D eigenvalue weighted by Gasteiger charge is 2.43. The molecule has 0 N–H and O–H groups in total. The molecule has 1 unspecified atom stereocenters. The van der Waals surface area contributed by atoms with Gasteiger partial charge in [0, 0.05) is 11.0 Å². The molecule has 7 heteroatoms. The smallest absolute Gasteiger partial charge is 0.250 e. The van der Waals surface area contributed by atoms with Crippen LogP contribution in [0.5, 0.6) is 0 Å². The summed E-state index contributed by atoms with van der Waals surface area (Å²) < 4.78 is 13.6. The maximum atomic E-state index is 13.3. The average molecular weight is 362 g/mol. The van der Waals surface area contributed by atoms with Crippen LogP contribution in [0.25, 0.3) is 0 Å². The molecule has 2 aliphatic heterocycles. The predicted octanol–water partition coefficient (Wildman–Crippen LogP) is 2.58. The van der Waals surface area contributed by atoms with Crippen molar-refractivity contribution >= 4 is 45.0 Å². The lowest BCUT2D eigenvalue weighted by Crippen LogP contribution is -2.57. The van der Waals surface area contributed by atoms with Crippen LogP contribution in [0.1, 0.15) is 12.8 Å². The highest BCUT2D eigenvalue weighted by Crippen LogP contribution is 2.37. The Kier molecular flexibility index (Phi) is 3.46. The lowest BCUT2D eigenvalue weighted by atomic mass is 10.1. The van der Waals surface area contributed by atoms with Crippen molar-refractivity contribution in [2.24, 2.45) is 0 Å². The summed E-state index contributed by atoms with van der Waals surface area (Å²) in [4.78, 5) is 27.6. The lowest BCUT2D eigenvalue weighted by molar-refractivity contribution is -0.140. The van der Waals surface area contributed by atoms with Crippen LogP contribution in [0, 0.1) is 5.82 Å². The Balaban J connectivity index is 2.02. The summed E-state index contributed by atoms with van der Waals surface area (Å²) in [5, 5.41) is 0.115. The van der Waals surface area contributed by atoms with E-state index in [1.54, 1.807) is 4.90 Å². The quantitative estimate of drug-likeness (QED) is 0.771. The van der Waals surface area contributed by atoms with Crippen LogP contribution < -0.4 is 4.90 Å². The number of benzene rings is 1. The van der Waals surface area contributed by atoms with E-state index in [1.807, 2.05) is 0 Å². The fourth-order valence-corrected chi connectivity index (χ4v) is 3.86. The first-order valence-corrected chi connectivity index (χ1v) is 7.41. The van der Waals surface area contributed by atoms with Crippen molar-refractivity contribution in [2.45, 2.75) is 18.9 Å². The van der Waals surface area contributed by atoms with Gasteiger partial charge in [-0.1, -0.05) is 11.6 Å². The van der Waals surface area contributed by atoms with E-state index < -0.39 is 11.9 Å². The van der Waals surface area contributed by atoms with Gasteiger partial charge in [-0.05, 0) is 40.9 Å². The maximum absolute atomic E-state index is 13.3. The Hall–Kier alpha value is -1.14. The first-order chi connectivity index (χ1) is 9.49. The molecule has 1 aromatic rings. The van der Waals surface area contributed by atoms with Crippen molar-refractivity contribution in [3.05, 3.63) is 27.4 Å². The Morgan fingerprint density at radius 3 is 2.80 bits per heavy atom. The molecule has 2 amide bonds. The summed E-state index contributed by atoms with van der Waals surface area (Å²) in [7, 11) is 0. The molecule has 0 saturated carbocycles. The summed E-state index contributed by atoms with van der Waals surface area (Å²) in [5.74, 6) is -0.750. The molecule has 106 valence electrons. The lowest BCUT2D eigenvalue weighted by Gasteiger charge is -2.37. The molecule has 0 spiro atoms. The highest BCUT2D eigenvalue weighted by molar-refractivity contribution is 9.10. The minimum Gasteiger partial charge on any atom is -0.329 e. The number of anilines is 1. The Bertz CT molecular complexity index is 587. The average Bonchev–Trinajstić information content (AvgIpc) is 2.83. The molecule has 4 nitrogen and oxygen atoms in total. The van der Waals surface area contributed by atoms with Crippen molar-refractivity contribution in [1.29, 1.82) is 0 Å². The number of amides is 2. The van der Waals surface area contributed by atoms with E-state index in [0.29, 0.717) is 23.1 Å². The van der Waals surface area contributed by atoms with E-state index in [-0.39, 0.29) is 23.4 Å². The van der Waals surface area contributed by atoms with Crippen molar-refractivity contribution in [3.63, 3.8) is 0 Å². The fourth-order valence-electron chi connectivity index (χ4n) is 2.79. The summed E-state index contributed by atoms with van der Waals surface area (Å²) in [6, 6.07) is 1.96. The number of rotatable bonds is 1. The highest BCUT2D eigenvalue weighted by atomic mass is 79.9. The third-order valence-electron chi connectivity index (χ3n) is 3.67. The summed E-state index contributed by atoms with van der Waals surface area (Å²) in [6.07, 6.45) is 1.49. The number of hydrogen-bond acceptors (Lipinski definition) is 2. The first-order valence-electron chi connectivity index (χ1n) is 6.24. The Morgan fingerprint density at radius 2 is 2.10 bits per heavy atom. The van der Waals surface area contributed by atoms with Gasteiger partial charge < -0.3 is 4.90 Å². The minimum absolute atomic E-state index is 0.0563. The normalized spacial score (nSPS) is 22.4. The van der Waals surface area contributed by atoms with E-state index in [9.17, 15) is 14.0 Å². The zero-order valence-electron chi connectivity index (χ0n) is 10.4. The summed E-state index contributed by atoms with van der Waals surface area (Å²) in [5.41, 5.74) is 0.359. The van der Waals surface area contributed by atoms with Crippen LogP contribution in [0.4, 0.5) is 10.1 Å². The van der Waals surface area contributed by atoms with Crippen LogP contribution in [0.15, 0.2) is 16.6 Å². The van der Waals surface area contributed by atoms with Gasteiger partial charge in [-0.25, -0.2) is 4.39 Å². The van der Waals surface area contributed by atoms with Gasteiger partial charge in [-0.15, -0.1) is 0 Å². The number of fused-ring (bicyclic) bond motifs is 1. The number of nitrogens with zero attached hydrogens (tertiary/aromatic N) is 2. The van der Waals surface area contributed by atoms with E-state index in [0.717, 1.165) is 12.5 Å². The second kappa shape index (κ2) is 5.00. The van der Waals surface area contributed by atoms with Crippen molar-refractivity contribution in [1.82, 2.24) is 4.90 Å². The van der Waals surface area contributed by atoms with Gasteiger partial charge in [-0.3, -0.25) is 14.5 Å². The van der Waals surface area contributed by atoms with Gasteiger partial charge in [0.05, 0.1) is 10.7 Å². The number of hydrogen-bond donors (Lipinski definition) is 0. The largest absolute Gasteiger partial charge is 0.329 e. The maximum Gasteiger partial charge on any atom is 0.250 e. The molecule has 0 aromatic heterocycles. The van der Waals surface area contributed by atoms with E-state index in [2.05, 4.69) is 15.9 Å². The zero-order valence-corrected chi connectivity index (χ0v) is 12.7. The van der Waals surface area contributed by atoms with Crippen LogP contribution in [-0.2, 0) is 9.59 Å². The van der Waals surface area contributed by atoms with Crippen LogP contribution in [0.2, 0.25) is 5.02 Å². The number of carbonyl (C=O) groups is 2. The van der Waals surface area contributed by atoms with Crippen molar-refractivity contribution in [3.8, 4) is 0 Å². The number of halogens is 3. The topological polar surface area (TPSA) is 40.6 Å². The molecule has 1 aromatic carbocycles. The summed E-state index contributed by atoms with van der Waals surface area (Å²) >= 11 is 9.25. The Morgan fingerprint density at radius 1 is 1.35 bits per heavy atom. The standard InChI is InChI=1S/C13H11BrClFN2O2/c14-8-4-7(16)5-9(15)12(8)18-6-11(19)17-3-1-2-10(17)13(18)20/h4-5,10H,1-3,6H2. The summed E-state index contributed by atoms with van der Waals surface area (Å²) in [6.45, 7) is 0.570. The van der Waals surface area contributed by atoms with Gasteiger partial charge in [0.25, 0.3) is 0 Å². The molecule has 0 bridgehead atoms. The molecule has 2 heterocycles. The number of piperazine rings is 1. The van der Waals surface area contributed by atoms with E-state index in [1.165, 1.54) is 11.0 Å². The van der Waals surface area contributed by atoms with Crippen molar-refractivity contribution < 1.29 is 14.0 Å². The molecule has 0 aliphatic carbocycles. The molecule has 3 rings (SSSR count). The predicted molar refractivity (Wildman–Crippen MR) is 76.2 cm³/mol. The molecular formula is C13H11BrClFN2O2. The van der Waals surface area contributed by atoms with Gasteiger partial charge in [-0.2, -0.15) is 0 Å². The molecule has 2 saturated heterocycles. The minimum atomic E-state index is -0.496. The van der Waals surface area contributed by atoms with Gasteiger partial charge >= 0.3 is 0 Å². The van der Waals surface area contributed by atoms with E-state index >= 15 is 0 Å². The van der Waals surface area contributed by atoms with Crippen LogP contribution in [-0.4, -0.2) is 35.8 Å². The number of carbonyl (C=O) groups excluding carboxylic acids is 2. The molecule has 20 heavy (non-hydrogen) atoms. The monoisotopic (exact) mass is 360 g/mol. The Labute approximate surface area is 128 Å². The molecule has 1 atom stereocenters. The second-order valence-corrected chi connectivity index (χ2v) is 6.15. The third kappa shape index (κ3) is 2.11. The first kappa shape index (κ1) is 13.8. The zero-order chi connectivity index (χ0) is 14.4. The third-order valence-corrected chi connectivity index (χ3v) is 4.56. The van der Waals surface area contributed by atoms with Gasteiger partial charge in [0.15, 0.2) is 0 Å². The SMILES string of the molecule is O=C1C2CCCN2C(=O)CN1c1c(Cl)cc(F)cc1Br. The fraction of sp³-hybridized carbons (Fsp3) is 0.385. The molecule has 2 fully saturated rings. The molecule has 2 aliphatic rings. The van der Waals surface area contributed by atoms with E-state index in [4.69, 9.17) is 11.6 Å². The van der Waals surface area contributed by atoms with Crippen LogP contribution >= 0.6 is 27.5 Å². The second-order valence-electron chi connectivity index (χ2n) is 4.89. The van der Waals surface area contributed by atoms with Crippen molar-refractivity contribution in [2.75, 3.05) is 18.0 Å². The molecule has 0 radical (unpaired) electrons.